The molecule has 1 atom stereocenters. The normalized spacial score (nSPS) is 15.5. The summed E-state index contributed by atoms with van der Waals surface area (Å²) in [6.07, 6.45) is 0. The van der Waals surface area contributed by atoms with E-state index in [0.717, 1.165) is 16.7 Å². The van der Waals surface area contributed by atoms with E-state index < -0.39 is 0 Å². The Labute approximate surface area is 158 Å². The second-order valence-electron chi connectivity index (χ2n) is 6.72. The number of amides is 1. The van der Waals surface area contributed by atoms with Crippen LogP contribution in [-0.2, 0) is 11.3 Å². The predicted octanol–water partition coefficient (Wildman–Crippen LogP) is 3.38. The molecule has 1 aliphatic rings. The molecule has 1 amide bonds. The highest BCUT2D eigenvalue weighted by molar-refractivity contribution is 6.30. The molecule has 0 saturated carbocycles. The number of phenolic OH excluding ortho intramolecular Hbond substituents is 1. The monoisotopic (exact) mass is 374 g/mol. The van der Waals surface area contributed by atoms with Gasteiger partial charge in [0.1, 0.15) is 6.61 Å². The van der Waals surface area contributed by atoms with E-state index in [-0.39, 0.29) is 17.7 Å². The van der Waals surface area contributed by atoms with Gasteiger partial charge in [0.05, 0.1) is 6.04 Å². The van der Waals surface area contributed by atoms with E-state index in [4.69, 9.17) is 16.3 Å². The van der Waals surface area contributed by atoms with Gasteiger partial charge < -0.3 is 14.7 Å². The quantitative estimate of drug-likeness (QED) is 0.894. The zero-order chi connectivity index (χ0) is 18.8. The highest BCUT2D eigenvalue weighted by atomic mass is 35.5. The third kappa shape index (κ3) is 3.79. The molecule has 1 aliphatic heterocycles. The number of hydrogen-bond acceptors (Lipinski definition) is 4. The second-order valence-corrected chi connectivity index (χ2v) is 7.16. The number of likely N-dealkylation sites (N-methyl/N-ethyl adjacent to an activating group) is 1. The van der Waals surface area contributed by atoms with Crippen molar-refractivity contribution in [3.63, 3.8) is 0 Å². The molecular weight excluding hydrogens is 352 g/mol. The highest BCUT2D eigenvalue weighted by Crippen LogP contribution is 2.38. The van der Waals surface area contributed by atoms with E-state index >= 15 is 0 Å². The molecule has 3 rings (SSSR count). The third-order valence-corrected chi connectivity index (χ3v) is 4.88. The molecule has 26 heavy (non-hydrogen) atoms. The molecular formula is C20H23ClN2O3. The number of fused-ring (bicyclic) bond motifs is 1. The lowest BCUT2D eigenvalue weighted by atomic mass is 10.0. The Morgan fingerprint density at radius 1 is 1.27 bits per heavy atom. The van der Waals surface area contributed by atoms with Gasteiger partial charge in [-0.3, -0.25) is 9.69 Å². The Hall–Kier alpha value is -2.24. The lowest BCUT2D eigenvalue weighted by molar-refractivity contribution is -0.134. The summed E-state index contributed by atoms with van der Waals surface area (Å²) in [6, 6.07) is 10.9. The number of carbonyl (C=O) groups excluding carboxylic acids is 1. The van der Waals surface area contributed by atoms with Crippen molar-refractivity contribution < 1.29 is 14.6 Å². The van der Waals surface area contributed by atoms with Crippen LogP contribution in [0.1, 0.15) is 12.5 Å². The summed E-state index contributed by atoms with van der Waals surface area (Å²) in [5, 5.41) is 11.1. The van der Waals surface area contributed by atoms with Crippen LogP contribution in [0.2, 0.25) is 5.02 Å². The standard InChI is InChI=1S/C20H23ClN2O3/c1-13(20(25)22(2)3)23-7-8-26-19-16(12-23)9-15(11-18(19)24)14-5-4-6-17(21)10-14/h4-6,9-11,13,24H,7-8,12H2,1-3H3. The van der Waals surface area contributed by atoms with Crippen molar-refractivity contribution in [2.45, 2.75) is 19.5 Å². The van der Waals surface area contributed by atoms with E-state index in [1.54, 1.807) is 25.1 Å². The van der Waals surface area contributed by atoms with Crippen LogP contribution >= 0.6 is 11.6 Å². The molecule has 1 heterocycles. The largest absolute Gasteiger partial charge is 0.504 e. The molecule has 0 spiro atoms. The minimum absolute atomic E-state index is 0.0451. The summed E-state index contributed by atoms with van der Waals surface area (Å²) in [6.45, 7) is 3.45. The van der Waals surface area contributed by atoms with Crippen LogP contribution in [0.15, 0.2) is 36.4 Å². The van der Waals surface area contributed by atoms with Crippen LogP contribution in [0, 0.1) is 0 Å². The molecule has 138 valence electrons. The van der Waals surface area contributed by atoms with Gasteiger partial charge in [-0.25, -0.2) is 0 Å². The molecule has 1 unspecified atom stereocenters. The molecule has 2 aromatic carbocycles. The van der Waals surface area contributed by atoms with Crippen molar-refractivity contribution >= 4 is 17.5 Å². The molecule has 0 bridgehead atoms. The first-order valence-electron chi connectivity index (χ1n) is 8.56. The van der Waals surface area contributed by atoms with Crippen molar-refractivity contribution in [2.24, 2.45) is 0 Å². The van der Waals surface area contributed by atoms with Gasteiger partial charge in [0.25, 0.3) is 0 Å². The fraction of sp³-hybridized carbons (Fsp3) is 0.350. The van der Waals surface area contributed by atoms with Gasteiger partial charge >= 0.3 is 0 Å². The van der Waals surface area contributed by atoms with Crippen molar-refractivity contribution in [3.05, 3.63) is 47.0 Å². The van der Waals surface area contributed by atoms with Crippen LogP contribution in [0.25, 0.3) is 11.1 Å². The zero-order valence-electron chi connectivity index (χ0n) is 15.2. The molecule has 1 N–H and O–H groups in total. The third-order valence-electron chi connectivity index (χ3n) is 4.65. The molecule has 6 heteroatoms. The van der Waals surface area contributed by atoms with Gasteiger partial charge in [0.15, 0.2) is 11.5 Å². The first kappa shape index (κ1) is 18.5. The SMILES string of the molecule is CC(C(=O)N(C)C)N1CCOc2c(O)cc(-c3cccc(Cl)c3)cc2C1. The summed E-state index contributed by atoms with van der Waals surface area (Å²) in [7, 11) is 3.51. The van der Waals surface area contributed by atoms with Crippen LogP contribution in [-0.4, -0.2) is 54.1 Å². The summed E-state index contributed by atoms with van der Waals surface area (Å²) >= 11 is 6.10. The first-order chi connectivity index (χ1) is 12.4. The predicted molar refractivity (Wildman–Crippen MR) is 103 cm³/mol. The fourth-order valence-electron chi connectivity index (χ4n) is 3.21. The van der Waals surface area contributed by atoms with E-state index in [1.165, 1.54) is 0 Å². The van der Waals surface area contributed by atoms with E-state index in [0.29, 0.717) is 30.5 Å². The first-order valence-corrected chi connectivity index (χ1v) is 8.94. The minimum Gasteiger partial charge on any atom is -0.504 e. The number of ether oxygens (including phenoxy) is 1. The maximum Gasteiger partial charge on any atom is 0.239 e. The maximum absolute atomic E-state index is 12.3. The van der Waals surface area contributed by atoms with E-state index in [1.807, 2.05) is 37.3 Å². The Morgan fingerprint density at radius 2 is 2.04 bits per heavy atom. The molecule has 0 aliphatic carbocycles. The van der Waals surface area contributed by atoms with Crippen molar-refractivity contribution in [1.82, 2.24) is 9.80 Å². The van der Waals surface area contributed by atoms with Crippen LogP contribution in [0.5, 0.6) is 11.5 Å². The van der Waals surface area contributed by atoms with Gasteiger partial charge in [-0.15, -0.1) is 0 Å². The number of halogens is 1. The number of phenols is 1. The number of nitrogens with zero attached hydrogens (tertiary/aromatic N) is 2. The number of hydrogen-bond donors (Lipinski definition) is 1. The minimum atomic E-state index is -0.267. The number of rotatable bonds is 3. The Balaban J connectivity index is 1.96. The fourth-order valence-corrected chi connectivity index (χ4v) is 3.40. The van der Waals surface area contributed by atoms with Crippen molar-refractivity contribution in [2.75, 3.05) is 27.2 Å². The van der Waals surface area contributed by atoms with Crippen LogP contribution < -0.4 is 4.74 Å². The van der Waals surface area contributed by atoms with Gasteiger partial charge in [-0.2, -0.15) is 0 Å². The van der Waals surface area contributed by atoms with Gasteiger partial charge in [0.2, 0.25) is 5.91 Å². The zero-order valence-corrected chi connectivity index (χ0v) is 16.0. The number of aromatic hydroxyl groups is 1. The lowest BCUT2D eigenvalue weighted by Gasteiger charge is -2.28. The Morgan fingerprint density at radius 3 is 2.73 bits per heavy atom. The molecule has 0 radical (unpaired) electrons. The number of carbonyl (C=O) groups is 1. The van der Waals surface area contributed by atoms with Gasteiger partial charge in [0, 0.05) is 37.8 Å². The van der Waals surface area contributed by atoms with Crippen molar-refractivity contribution in [1.29, 1.82) is 0 Å². The van der Waals surface area contributed by atoms with Crippen molar-refractivity contribution in [3.8, 4) is 22.6 Å². The highest BCUT2D eigenvalue weighted by Gasteiger charge is 2.27. The number of benzene rings is 2. The molecule has 5 nitrogen and oxygen atoms in total. The average molecular weight is 375 g/mol. The molecule has 2 aromatic rings. The smallest absolute Gasteiger partial charge is 0.239 e. The summed E-state index contributed by atoms with van der Waals surface area (Å²) in [4.78, 5) is 16.0. The second kappa shape index (κ2) is 7.56. The maximum atomic E-state index is 12.3. The molecule has 0 fully saturated rings. The van der Waals surface area contributed by atoms with Crippen LogP contribution in [0.3, 0.4) is 0 Å². The van der Waals surface area contributed by atoms with E-state index in [9.17, 15) is 9.90 Å². The Bertz CT molecular complexity index is 823. The summed E-state index contributed by atoms with van der Waals surface area (Å²) in [5.41, 5.74) is 2.64. The average Bonchev–Trinajstić information content (AvgIpc) is 2.83. The van der Waals surface area contributed by atoms with Crippen LogP contribution in [0.4, 0.5) is 0 Å². The summed E-state index contributed by atoms with van der Waals surface area (Å²) < 4.78 is 5.77. The molecule has 0 saturated heterocycles. The topological polar surface area (TPSA) is 53.0 Å². The van der Waals surface area contributed by atoms with Gasteiger partial charge in [-0.1, -0.05) is 23.7 Å². The van der Waals surface area contributed by atoms with Gasteiger partial charge in [-0.05, 0) is 42.3 Å². The molecule has 0 aromatic heterocycles. The lowest BCUT2D eigenvalue weighted by Crippen LogP contribution is -2.45. The summed E-state index contributed by atoms with van der Waals surface area (Å²) in [5.74, 6) is 0.636. The Kier molecular flexibility index (Phi) is 5.39. The van der Waals surface area contributed by atoms with E-state index in [2.05, 4.69) is 4.90 Å².